The molecule has 0 radical (unpaired) electrons. The summed E-state index contributed by atoms with van der Waals surface area (Å²) in [5.41, 5.74) is 1.63. The van der Waals surface area contributed by atoms with Crippen LogP contribution in [0.1, 0.15) is 34.6 Å². The second-order valence-corrected chi connectivity index (χ2v) is 3.52. The van der Waals surface area contributed by atoms with Gasteiger partial charge < -0.3 is 10.4 Å². The molecule has 0 unspecified atom stereocenters. The molecular formula is C12H15NO3. The summed E-state index contributed by atoms with van der Waals surface area (Å²) >= 11 is 0. The number of aliphatic hydroxyl groups excluding tert-OH is 1. The van der Waals surface area contributed by atoms with Gasteiger partial charge in [0, 0.05) is 23.4 Å². The van der Waals surface area contributed by atoms with Crippen LogP contribution in [0.25, 0.3) is 0 Å². The van der Waals surface area contributed by atoms with Crippen molar-refractivity contribution in [2.24, 2.45) is 0 Å². The molecule has 4 heteroatoms. The smallest absolute Gasteiger partial charge is 0.161 e. The second kappa shape index (κ2) is 5.42. The van der Waals surface area contributed by atoms with Crippen molar-refractivity contribution in [1.82, 2.24) is 0 Å². The molecular weight excluding hydrogens is 206 g/mol. The van der Waals surface area contributed by atoms with Crippen LogP contribution in [0.3, 0.4) is 0 Å². The van der Waals surface area contributed by atoms with Gasteiger partial charge >= 0.3 is 0 Å². The maximum atomic E-state index is 11.4. The number of aliphatic hydroxyl groups is 1. The second-order valence-electron chi connectivity index (χ2n) is 3.52. The van der Waals surface area contributed by atoms with E-state index < -0.39 is 0 Å². The average Bonchev–Trinajstić information content (AvgIpc) is 2.25. The Hall–Kier alpha value is -1.68. The van der Waals surface area contributed by atoms with Gasteiger partial charge in [0.2, 0.25) is 0 Å². The fourth-order valence-electron chi connectivity index (χ4n) is 1.40. The van der Waals surface area contributed by atoms with Gasteiger partial charge in [-0.1, -0.05) is 0 Å². The molecule has 0 aliphatic carbocycles. The number of ketones is 2. The van der Waals surface area contributed by atoms with Crippen molar-refractivity contribution < 1.29 is 14.7 Å². The maximum Gasteiger partial charge on any atom is 0.161 e. The third kappa shape index (κ3) is 2.90. The van der Waals surface area contributed by atoms with Crippen LogP contribution < -0.4 is 5.32 Å². The van der Waals surface area contributed by atoms with Crippen molar-refractivity contribution >= 4 is 17.3 Å². The first-order valence-corrected chi connectivity index (χ1v) is 5.07. The highest BCUT2D eigenvalue weighted by atomic mass is 16.3. The molecule has 0 spiro atoms. The number of carbonyl (C=O) groups excluding carboxylic acids is 2. The van der Waals surface area contributed by atoms with Crippen molar-refractivity contribution in [3.63, 3.8) is 0 Å². The summed E-state index contributed by atoms with van der Waals surface area (Å²) in [7, 11) is 0. The minimum Gasteiger partial charge on any atom is -0.395 e. The molecule has 0 saturated carbocycles. The van der Waals surface area contributed by atoms with Crippen LogP contribution in [0.4, 0.5) is 5.69 Å². The van der Waals surface area contributed by atoms with Gasteiger partial charge in [0.25, 0.3) is 0 Å². The normalized spacial score (nSPS) is 9.94. The largest absolute Gasteiger partial charge is 0.395 e. The number of hydrogen-bond acceptors (Lipinski definition) is 4. The van der Waals surface area contributed by atoms with E-state index in [9.17, 15) is 9.59 Å². The van der Waals surface area contributed by atoms with E-state index in [4.69, 9.17) is 5.11 Å². The van der Waals surface area contributed by atoms with Gasteiger partial charge in [-0.15, -0.1) is 0 Å². The van der Waals surface area contributed by atoms with Crippen molar-refractivity contribution in [3.8, 4) is 0 Å². The molecule has 0 saturated heterocycles. The van der Waals surface area contributed by atoms with Crippen LogP contribution >= 0.6 is 0 Å². The number of Topliss-reactive ketones (excluding diaryl/α,β-unsaturated/α-hetero) is 2. The number of rotatable bonds is 5. The third-order valence-corrected chi connectivity index (χ3v) is 2.23. The van der Waals surface area contributed by atoms with Gasteiger partial charge in [0.1, 0.15) is 0 Å². The van der Waals surface area contributed by atoms with E-state index in [0.717, 1.165) is 0 Å². The van der Waals surface area contributed by atoms with E-state index in [-0.39, 0.29) is 18.2 Å². The molecule has 0 atom stereocenters. The molecule has 1 aromatic rings. The van der Waals surface area contributed by atoms with E-state index in [0.29, 0.717) is 23.4 Å². The number of hydrogen-bond donors (Lipinski definition) is 2. The lowest BCUT2D eigenvalue weighted by Gasteiger charge is -2.10. The van der Waals surface area contributed by atoms with E-state index in [2.05, 4.69) is 5.32 Å². The van der Waals surface area contributed by atoms with Gasteiger partial charge in [0.05, 0.1) is 6.61 Å². The summed E-state index contributed by atoms with van der Waals surface area (Å²) in [5, 5.41) is 11.6. The first-order valence-electron chi connectivity index (χ1n) is 5.07. The predicted octanol–water partition coefficient (Wildman–Crippen LogP) is 1.50. The Morgan fingerprint density at radius 2 is 1.94 bits per heavy atom. The van der Waals surface area contributed by atoms with Gasteiger partial charge in [-0.05, 0) is 32.0 Å². The van der Waals surface area contributed by atoms with Crippen molar-refractivity contribution in [3.05, 3.63) is 29.3 Å². The van der Waals surface area contributed by atoms with Crippen LogP contribution in [-0.4, -0.2) is 29.8 Å². The van der Waals surface area contributed by atoms with Crippen LogP contribution in [-0.2, 0) is 0 Å². The lowest BCUT2D eigenvalue weighted by molar-refractivity contribution is 0.101. The summed E-state index contributed by atoms with van der Waals surface area (Å²) in [5.74, 6) is -0.181. The highest BCUT2D eigenvalue weighted by Gasteiger charge is 2.09. The minimum atomic E-state index is -0.108. The van der Waals surface area contributed by atoms with Gasteiger partial charge in [-0.2, -0.15) is 0 Å². The number of nitrogens with one attached hydrogen (secondary N) is 1. The minimum absolute atomic E-state index is 0.00813. The van der Waals surface area contributed by atoms with Crippen molar-refractivity contribution in [1.29, 1.82) is 0 Å². The molecule has 0 aliphatic heterocycles. The van der Waals surface area contributed by atoms with Gasteiger partial charge in [-0.25, -0.2) is 0 Å². The van der Waals surface area contributed by atoms with Crippen LogP contribution in [0.5, 0.6) is 0 Å². The lowest BCUT2D eigenvalue weighted by Crippen LogP contribution is -2.10. The SMILES string of the molecule is CC(=O)c1ccc(NCCO)c(C(C)=O)c1. The van der Waals surface area contributed by atoms with Crippen LogP contribution in [0, 0.1) is 0 Å². The molecule has 1 aromatic carbocycles. The molecule has 0 fully saturated rings. The Morgan fingerprint density at radius 3 is 2.44 bits per heavy atom. The van der Waals surface area contributed by atoms with Crippen molar-refractivity contribution in [2.75, 3.05) is 18.5 Å². The topological polar surface area (TPSA) is 66.4 Å². The Kier molecular flexibility index (Phi) is 4.19. The number of carbonyl (C=O) groups is 2. The van der Waals surface area contributed by atoms with E-state index in [1.165, 1.54) is 13.8 Å². The molecule has 0 aromatic heterocycles. The molecule has 2 N–H and O–H groups in total. The molecule has 1 rings (SSSR count). The first-order chi connectivity index (χ1) is 7.56. The summed E-state index contributed by atoms with van der Waals surface area (Å²) in [6.45, 7) is 3.27. The highest BCUT2D eigenvalue weighted by molar-refractivity contribution is 6.03. The first kappa shape index (κ1) is 12.4. The molecule has 16 heavy (non-hydrogen) atoms. The molecule has 0 bridgehead atoms. The molecule has 0 heterocycles. The fraction of sp³-hybridized carbons (Fsp3) is 0.333. The summed E-state index contributed by atoms with van der Waals surface area (Å²) in [6, 6.07) is 4.92. The quantitative estimate of drug-likeness (QED) is 0.739. The zero-order valence-corrected chi connectivity index (χ0v) is 9.41. The summed E-state index contributed by atoms with van der Waals surface area (Å²) < 4.78 is 0. The van der Waals surface area contributed by atoms with E-state index in [1.807, 2.05) is 0 Å². The monoisotopic (exact) mass is 221 g/mol. The average molecular weight is 221 g/mol. The standard InChI is InChI=1S/C12H15NO3/c1-8(15)10-3-4-12(13-5-6-14)11(7-10)9(2)16/h3-4,7,13-14H,5-6H2,1-2H3. The van der Waals surface area contributed by atoms with Crippen molar-refractivity contribution in [2.45, 2.75) is 13.8 Å². The molecule has 4 nitrogen and oxygen atoms in total. The summed E-state index contributed by atoms with van der Waals surface area (Å²) in [6.07, 6.45) is 0. The molecule has 86 valence electrons. The van der Waals surface area contributed by atoms with Crippen LogP contribution in [0.15, 0.2) is 18.2 Å². The zero-order chi connectivity index (χ0) is 12.1. The Balaban J connectivity index is 3.09. The molecule has 0 amide bonds. The molecule has 0 aliphatic rings. The summed E-state index contributed by atoms with van der Waals surface area (Å²) in [4.78, 5) is 22.6. The lowest BCUT2D eigenvalue weighted by atomic mass is 10.0. The van der Waals surface area contributed by atoms with E-state index in [1.54, 1.807) is 18.2 Å². The Labute approximate surface area is 94.3 Å². The fourth-order valence-corrected chi connectivity index (χ4v) is 1.40. The Morgan fingerprint density at radius 1 is 1.25 bits per heavy atom. The van der Waals surface area contributed by atoms with Gasteiger partial charge in [0.15, 0.2) is 11.6 Å². The number of benzene rings is 1. The zero-order valence-electron chi connectivity index (χ0n) is 9.41. The van der Waals surface area contributed by atoms with E-state index >= 15 is 0 Å². The van der Waals surface area contributed by atoms with Crippen LogP contribution in [0.2, 0.25) is 0 Å². The maximum absolute atomic E-state index is 11.4. The highest BCUT2D eigenvalue weighted by Crippen LogP contribution is 2.18. The Bertz CT molecular complexity index is 413. The van der Waals surface area contributed by atoms with Gasteiger partial charge in [-0.3, -0.25) is 9.59 Å². The number of anilines is 1. The predicted molar refractivity (Wildman–Crippen MR) is 62.0 cm³/mol. The third-order valence-electron chi connectivity index (χ3n) is 2.23.